The second-order valence-corrected chi connectivity index (χ2v) is 7.05. The Balaban J connectivity index is 2.68. The summed E-state index contributed by atoms with van der Waals surface area (Å²) in [5, 5.41) is -1.24. The van der Waals surface area contributed by atoms with E-state index < -0.39 is 12.9 Å². The monoisotopic (exact) mass is 316 g/mol. The first-order chi connectivity index (χ1) is 9.49. The Hall–Kier alpha value is -1.13. The van der Waals surface area contributed by atoms with E-state index in [1.807, 2.05) is 0 Å². The Kier molecular flexibility index (Phi) is 4.35. The molecule has 0 aromatic heterocycles. The number of benzene rings is 1. The van der Waals surface area contributed by atoms with Gasteiger partial charge in [0, 0.05) is 30.9 Å². The largest absolute Gasteiger partial charge is 0.477 e. The van der Waals surface area contributed by atoms with Crippen LogP contribution in [0.3, 0.4) is 0 Å². The fourth-order valence-electron chi connectivity index (χ4n) is 2.17. The third-order valence-electron chi connectivity index (χ3n) is 3.15. The van der Waals surface area contributed by atoms with Crippen LogP contribution in [-0.4, -0.2) is 20.0 Å². The lowest BCUT2D eigenvalue weighted by Crippen LogP contribution is -2.34. The van der Waals surface area contributed by atoms with E-state index in [-0.39, 0.29) is 12.2 Å². The molecule has 1 aromatic rings. The van der Waals surface area contributed by atoms with Crippen molar-refractivity contribution in [3.63, 3.8) is 0 Å². The number of halogens is 1. The smallest absolute Gasteiger partial charge is 0.378 e. The van der Waals surface area contributed by atoms with E-state index in [1.165, 1.54) is 26.6 Å². The third-order valence-corrected chi connectivity index (χ3v) is 5.83. The minimum Gasteiger partial charge on any atom is -0.477 e. The van der Waals surface area contributed by atoms with Crippen molar-refractivity contribution in [1.82, 2.24) is 0 Å². The molecule has 0 saturated carbocycles. The van der Waals surface area contributed by atoms with Gasteiger partial charge >= 0.3 is 7.60 Å². The molecular formula is C13H14ClO5P. The number of ether oxygens (including phenoxy) is 1. The van der Waals surface area contributed by atoms with Gasteiger partial charge in [0.1, 0.15) is 0 Å². The van der Waals surface area contributed by atoms with Crippen LogP contribution >= 0.6 is 19.2 Å². The number of carbonyl (C=O) groups excluding carboxylic acids is 1. The number of hydrogen-bond acceptors (Lipinski definition) is 5. The first-order valence-corrected chi connectivity index (χ1v) is 7.75. The van der Waals surface area contributed by atoms with Gasteiger partial charge < -0.3 is 13.8 Å². The van der Waals surface area contributed by atoms with E-state index in [0.29, 0.717) is 10.6 Å². The van der Waals surface area contributed by atoms with Crippen LogP contribution in [0.1, 0.15) is 12.0 Å². The number of allylic oxidation sites excluding steroid dienone is 1. The molecule has 20 heavy (non-hydrogen) atoms. The molecule has 1 aliphatic rings. The highest BCUT2D eigenvalue weighted by Crippen LogP contribution is 2.67. The van der Waals surface area contributed by atoms with E-state index in [4.69, 9.17) is 25.4 Å². The number of carbonyl (C=O) groups is 1. The summed E-state index contributed by atoms with van der Waals surface area (Å²) in [7, 11) is -1.26. The van der Waals surface area contributed by atoms with Crippen molar-refractivity contribution in [1.29, 1.82) is 0 Å². The van der Waals surface area contributed by atoms with Crippen LogP contribution in [0.2, 0.25) is 5.02 Å². The molecule has 108 valence electrons. The van der Waals surface area contributed by atoms with Crippen molar-refractivity contribution in [2.24, 2.45) is 0 Å². The molecule has 0 aliphatic carbocycles. The zero-order valence-electron chi connectivity index (χ0n) is 11.0. The maximum atomic E-state index is 12.9. The maximum absolute atomic E-state index is 12.9. The van der Waals surface area contributed by atoms with Gasteiger partial charge in [0.25, 0.3) is 0 Å². The quantitative estimate of drug-likeness (QED) is 0.796. The van der Waals surface area contributed by atoms with Crippen LogP contribution in [0.25, 0.3) is 0 Å². The summed E-state index contributed by atoms with van der Waals surface area (Å²) in [5.41, 5.74) is 0.395. The fraction of sp³-hybridized carbons (Fsp3) is 0.308. The van der Waals surface area contributed by atoms with E-state index in [9.17, 15) is 9.36 Å². The molecule has 1 unspecified atom stereocenters. The summed E-state index contributed by atoms with van der Waals surface area (Å²) in [6.45, 7) is 0. The summed E-state index contributed by atoms with van der Waals surface area (Å²) in [4.78, 5) is 11.8. The molecule has 0 saturated heterocycles. The number of rotatable bonds is 4. The molecule has 0 bridgehead atoms. The summed E-state index contributed by atoms with van der Waals surface area (Å²) in [6.07, 6.45) is 2.29. The van der Waals surface area contributed by atoms with Gasteiger partial charge in [-0.2, -0.15) is 0 Å². The molecule has 5 nitrogen and oxygen atoms in total. The van der Waals surface area contributed by atoms with Crippen molar-refractivity contribution >= 4 is 25.0 Å². The zero-order chi connectivity index (χ0) is 14.8. The van der Waals surface area contributed by atoms with Gasteiger partial charge in [-0.05, 0) is 6.07 Å². The van der Waals surface area contributed by atoms with Crippen molar-refractivity contribution in [2.75, 3.05) is 14.2 Å². The van der Waals surface area contributed by atoms with E-state index in [0.717, 1.165) is 0 Å². The van der Waals surface area contributed by atoms with Gasteiger partial charge in [0.15, 0.2) is 5.78 Å². The van der Waals surface area contributed by atoms with Crippen LogP contribution in [0.5, 0.6) is 0 Å². The Morgan fingerprint density at radius 3 is 2.50 bits per heavy atom. The predicted molar refractivity (Wildman–Crippen MR) is 74.6 cm³/mol. The number of hydrogen-bond donors (Lipinski definition) is 0. The van der Waals surface area contributed by atoms with E-state index in [1.54, 1.807) is 24.3 Å². The van der Waals surface area contributed by atoms with Crippen molar-refractivity contribution in [3.8, 4) is 0 Å². The van der Waals surface area contributed by atoms with Crippen molar-refractivity contribution in [2.45, 2.75) is 11.8 Å². The molecule has 7 heteroatoms. The predicted octanol–water partition coefficient (Wildman–Crippen LogP) is 3.48. The highest BCUT2D eigenvalue weighted by atomic mass is 35.5. The van der Waals surface area contributed by atoms with E-state index in [2.05, 4.69) is 0 Å². The fourth-order valence-corrected chi connectivity index (χ4v) is 4.30. The van der Waals surface area contributed by atoms with Crippen LogP contribution in [0.4, 0.5) is 0 Å². The lowest BCUT2D eigenvalue weighted by molar-refractivity contribution is -0.120. The lowest BCUT2D eigenvalue weighted by Gasteiger charge is -2.38. The molecule has 0 N–H and O–H groups in total. The van der Waals surface area contributed by atoms with Gasteiger partial charge in [-0.25, -0.2) is 0 Å². The zero-order valence-corrected chi connectivity index (χ0v) is 12.7. The van der Waals surface area contributed by atoms with Gasteiger partial charge in [0.2, 0.25) is 5.34 Å². The molecule has 1 heterocycles. The minimum atomic E-state index is -3.75. The lowest BCUT2D eigenvalue weighted by atomic mass is 10.0. The first-order valence-electron chi connectivity index (χ1n) is 5.83. The van der Waals surface area contributed by atoms with E-state index >= 15 is 0 Å². The van der Waals surface area contributed by atoms with Crippen molar-refractivity contribution in [3.05, 3.63) is 47.2 Å². The summed E-state index contributed by atoms with van der Waals surface area (Å²) < 4.78 is 28.6. The second-order valence-electron chi connectivity index (χ2n) is 4.19. The highest BCUT2D eigenvalue weighted by Gasteiger charge is 2.56. The standard InChI is InChI=1S/C13H14ClO5P/c1-17-20(16,18-2)13(9-10(15)7-8-19-13)11-5-3-4-6-12(11)14/h3-8H,9H2,1-2H3. The van der Waals surface area contributed by atoms with Gasteiger partial charge in [0.05, 0.1) is 12.7 Å². The maximum Gasteiger partial charge on any atom is 0.378 e. The Morgan fingerprint density at radius 1 is 1.30 bits per heavy atom. The van der Waals surface area contributed by atoms with Gasteiger partial charge in [-0.15, -0.1) is 0 Å². The molecule has 0 fully saturated rings. The van der Waals surface area contributed by atoms with Gasteiger partial charge in [-0.3, -0.25) is 9.36 Å². The molecule has 1 aromatic carbocycles. The number of ketones is 1. The molecule has 1 aliphatic heterocycles. The summed E-state index contributed by atoms with van der Waals surface area (Å²) >= 11 is 6.17. The third kappa shape index (κ3) is 2.31. The van der Waals surface area contributed by atoms with Crippen LogP contribution in [-0.2, 0) is 28.5 Å². The molecular weight excluding hydrogens is 303 g/mol. The van der Waals surface area contributed by atoms with Crippen LogP contribution in [0.15, 0.2) is 36.6 Å². The minimum absolute atomic E-state index is 0.174. The average Bonchev–Trinajstić information content (AvgIpc) is 2.46. The summed E-state index contributed by atoms with van der Waals surface area (Å²) in [6, 6.07) is 6.70. The molecule has 1 atom stereocenters. The Morgan fingerprint density at radius 2 is 1.95 bits per heavy atom. The Bertz CT molecular complexity index is 592. The van der Waals surface area contributed by atoms with Crippen LogP contribution < -0.4 is 0 Å². The summed E-state index contributed by atoms with van der Waals surface area (Å²) in [5.74, 6) is -0.245. The molecule has 0 radical (unpaired) electrons. The normalized spacial score (nSPS) is 22.6. The average molecular weight is 317 g/mol. The Labute approximate surface area is 122 Å². The highest BCUT2D eigenvalue weighted by molar-refractivity contribution is 7.55. The molecule has 0 amide bonds. The SMILES string of the molecule is COP(=O)(OC)C1(c2ccccc2Cl)CC(=O)C=CO1. The van der Waals surface area contributed by atoms with Crippen LogP contribution in [0, 0.1) is 0 Å². The molecule has 2 rings (SSSR count). The second kappa shape index (κ2) is 5.70. The van der Waals surface area contributed by atoms with Gasteiger partial charge in [-0.1, -0.05) is 29.8 Å². The van der Waals surface area contributed by atoms with Crippen molar-refractivity contribution < 1.29 is 23.1 Å². The topological polar surface area (TPSA) is 61.8 Å². The first kappa shape index (κ1) is 15.3. The molecule has 0 spiro atoms.